The number of nitrogens with one attached hydrogen (secondary N) is 1. The Labute approximate surface area is 153 Å². The Bertz CT molecular complexity index is 902. The Morgan fingerprint density at radius 3 is 2.92 bits per heavy atom. The van der Waals surface area contributed by atoms with Gasteiger partial charge in [-0.2, -0.15) is 4.68 Å². The number of halogens is 1. The molecule has 1 heterocycles. The third kappa shape index (κ3) is 4.37. The molecule has 134 valence electrons. The molecule has 26 heavy (non-hydrogen) atoms. The maximum absolute atomic E-state index is 13.5. The number of rotatable bonds is 7. The van der Waals surface area contributed by atoms with Crippen LogP contribution in [0.5, 0.6) is 5.75 Å². The topological polar surface area (TPSA) is 81.9 Å². The summed E-state index contributed by atoms with van der Waals surface area (Å²) >= 11 is 1.42. The summed E-state index contributed by atoms with van der Waals surface area (Å²) in [5.74, 6) is -0.558. The first-order valence-corrected chi connectivity index (χ1v) is 9.00. The Morgan fingerprint density at radius 1 is 1.27 bits per heavy atom. The number of aromatic nitrogens is 4. The molecule has 0 fully saturated rings. The highest BCUT2D eigenvalue weighted by molar-refractivity contribution is 7.98. The van der Waals surface area contributed by atoms with Crippen LogP contribution in [0.1, 0.15) is 6.42 Å². The largest absolute Gasteiger partial charge is 0.490 e. The monoisotopic (exact) mass is 373 g/mol. The molecule has 0 spiro atoms. The van der Waals surface area contributed by atoms with Gasteiger partial charge in [0.15, 0.2) is 11.6 Å². The zero-order valence-corrected chi connectivity index (χ0v) is 14.7. The van der Waals surface area contributed by atoms with E-state index in [1.54, 1.807) is 35.0 Å². The van der Waals surface area contributed by atoms with Gasteiger partial charge in [0.25, 0.3) is 0 Å². The number of hydrogen-bond donors (Lipinski definition) is 1. The highest BCUT2D eigenvalue weighted by atomic mass is 32.2. The lowest BCUT2D eigenvalue weighted by molar-refractivity contribution is -0.116. The van der Waals surface area contributed by atoms with E-state index in [1.807, 2.05) is 12.3 Å². The molecule has 0 atom stereocenters. The summed E-state index contributed by atoms with van der Waals surface area (Å²) in [4.78, 5) is 12.1. The van der Waals surface area contributed by atoms with Gasteiger partial charge in [-0.3, -0.25) is 4.79 Å². The van der Waals surface area contributed by atoms with Gasteiger partial charge in [0, 0.05) is 5.69 Å². The summed E-state index contributed by atoms with van der Waals surface area (Å²) in [6.07, 6.45) is 1.98. The fraction of sp³-hybridized carbons (Fsp3) is 0.176. The second-order valence-corrected chi connectivity index (χ2v) is 5.98. The first-order valence-electron chi connectivity index (χ1n) is 7.77. The van der Waals surface area contributed by atoms with Crippen LogP contribution in [0, 0.1) is 5.82 Å². The van der Waals surface area contributed by atoms with Crippen molar-refractivity contribution in [3.63, 3.8) is 0 Å². The van der Waals surface area contributed by atoms with Crippen LogP contribution in [-0.4, -0.2) is 39.0 Å². The molecule has 0 radical (unpaired) electrons. The van der Waals surface area contributed by atoms with Gasteiger partial charge in [0.05, 0.1) is 18.7 Å². The summed E-state index contributed by atoms with van der Waals surface area (Å²) in [6.45, 7) is 0.0794. The summed E-state index contributed by atoms with van der Waals surface area (Å²) in [7, 11) is 0. The van der Waals surface area contributed by atoms with E-state index in [-0.39, 0.29) is 24.7 Å². The van der Waals surface area contributed by atoms with E-state index in [4.69, 9.17) is 4.74 Å². The Morgan fingerprint density at radius 2 is 2.12 bits per heavy atom. The molecule has 0 unspecified atom stereocenters. The van der Waals surface area contributed by atoms with Crippen LogP contribution in [0.25, 0.3) is 5.69 Å². The van der Waals surface area contributed by atoms with E-state index in [2.05, 4.69) is 20.8 Å². The number of anilines is 1. The Kier molecular flexibility index (Phi) is 5.80. The standard InChI is InChI=1S/C17H16FN5O2S/c1-26-17-20-21-22-23(17)13-6-4-5-12(11-13)19-16(24)9-10-25-15-8-3-2-7-14(15)18/h2-8,11H,9-10H2,1H3,(H,19,24). The minimum Gasteiger partial charge on any atom is -0.490 e. The van der Waals surface area contributed by atoms with Crippen LogP contribution in [-0.2, 0) is 4.79 Å². The molecular weight excluding hydrogens is 357 g/mol. The summed E-state index contributed by atoms with van der Waals surface area (Å²) in [5.41, 5.74) is 1.35. The number of para-hydroxylation sites is 1. The minimum atomic E-state index is -0.452. The highest BCUT2D eigenvalue weighted by Gasteiger charge is 2.09. The summed E-state index contributed by atoms with van der Waals surface area (Å²) in [5, 5.41) is 14.9. The molecular formula is C17H16FN5O2S. The number of amides is 1. The zero-order valence-electron chi connectivity index (χ0n) is 13.9. The average Bonchev–Trinajstić information content (AvgIpc) is 3.12. The smallest absolute Gasteiger partial charge is 0.227 e. The molecule has 7 nitrogen and oxygen atoms in total. The number of carbonyl (C=O) groups excluding carboxylic acids is 1. The van der Waals surface area contributed by atoms with Crippen LogP contribution < -0.4 is 10.1 Å². The number of ether oxygens (including phenoxy) is 1. The molecule has 0 bridgehead atoms. The van der Waals surface area contributed by atoms with Gasteiger partial charge in [-0.05, 0) is 47.0 Å². The number of tetrazole rings is 1. The lowest BCUT2D eigenvalue weighted by Gasteiger charge is -2.09. The average molecular weight is 373 g/mol. The molecule has 0 aliphatic heterocycles. The van der Waals surface area contributed by atoms with Crippen molar-refractivity contribution < 1.29 is 13.9 Å². The molecule has 1 amide bonds. The normalized spacial score (nSPS) is 10.5. The van der Waals surface area contributed by atoms with Crippen LogP contribution >= 0.6 is 11.8 Å². The molecule has 0 saturated carbocycles. The molecule has 2 aromatic carbocycles. The highest BCUT2D eigenvalue weighted by Crippen LogP contribution is 2.19. The van der Waals surface area contributed by atoms with E-state index in [1.165, 1.54) is 23.9 Å². The van der Waals surface area contributed by atoms with Gasteiger partial charge in [-0.25, -0.2) is 4.39 Å². The van der Waals surface area contributed by atoms with E-state index >= 15 is 0 Å². The molecule has 1 N–H and O–H groups in total. The van der Waals surface area contributed by atoms with E-state index in [0.29, 0.717) is 10.8 Å². The maximum Gasteiger partial charge on any atom is 0.227 e. The molecule has 3 aromatic rings. The molecule has 9 heteroatoms. The number of thioether (sulfide) groups is 1. The van der Waals surface area contributed by atoms with Crippen LogP contribution in [0.2, 0.25) is 0 Å². The third-order valence-corrected chi connectivity index (χ3v) is 4.04. The number of hydrogen-bond acceptors (Lipinski definition) is 6. The van der Waals surface area contributed by atoms with Crippen molar-refractivity contribution in [1.82, 2.24) is 20.2 Å². The van der Waals surface area contributed by atoms with Gasteiger partial charge < -0.3 is 10.1 Å². The predicted molar refractivity (Wildman–Crippen MR) is 96.1 cm³/mol. The van der Waals surface area contributed by atoms with Crippen molar-refractivity contribution >= 4 is 23.4 Å². The SMILES string of the molecule is CSc1nnnn1-c1cccc(NC(=O)CCOc2ccccc2F)c1. The van der Waals surface area contributed by atoms with Crippen molar-refractivity contribution in [2.45, 2.75) is 11.6 Å². The third-order valence-electron chi connectivity index (χ3n) is 3.42. The Hall–Kier alpha value is -2.94. The van der Waals surface area contributed by atoms with Crippen molar-refractivity contribution in [2.24, 2.45) is 0 Å². The molecule has 0 saturated heterocycles. The van der Waals surface area contributed by atoms with Crippen molar-refractivity contribution in [3.8, 4) is 11.4 Å². The lowest BCUT2D eigenvalue weighted by Crippen LogP contribution is -2.15. The van der Waals surface area contributed by atoms with E-state index < -0.39 is 5.82 Å². The fourth-order valence-electron chi connectivity index (χ4n) is 2.22. The number of nitrogens with zero attached hydrogens (tertiary/aromatic N) is 4. The van der Waals surface area contributed by atoms with E-state index in [9.17, 15) is 9.18 Å². The first-order chi connectivity index (χ1) is 12.7. The fourth-order valence-corrected chi connectivity index (χ4v) is 2.66. The van der Waals surface area contributed by atoms with Crippen molar-refractivity contribution in [1.29, 1.82) is 0 Å². The number of carbonyl (C=O) groups is 1. The Balaban J connectivity index is 1.58. The van der Waals surface area contributed by atoms with Gasteiger partial charge in [0.1, 0.15) is 0 Å². The van der Waals surface area contributed by atoms with Crippen molar-refractivity contribution in [3.05, 3.63) is 54.3 Å². The minimum absolute atomic E-state index is 0.0794. The second-order valence-electron chi connectivity index (χ2n) is 5.20. The van der Waals surface area contributed by atoms with Crippen LogP contribution in [0.15, 0.2) is 53.7 Å². The van der Waals surface area contributed by atoms with Gasteiger partial charge in [-0.15, -0.1) is 5.10 Å². The number of benzene rings is 2. The first kappa shape index (κ1) is 17.9. The van der Waals surface area contributed by atoms with Crippen molar-refractivity contribution in [2.75, 3.05) is 18.2 Å². The van der Waals surface area contributed by atoms with E-state index in [0.717, 1.165) is 5.69 Å². The van der Waals surface area contributed by atoms with Gasteiger partial charge >= 0.3 is 0 Å². The zero-order chi connectivity index (χ0) is 18.4. The second kappa shape index (κ2) is 8.43. The quantitative estimate of drug-likeness (QED) is 0.641. The molecule has 0 aliphatic carbocycles. The predicted octanol–water partition coefficient (Wildman–Crippen LogP) is 2.93. The lowest BCUT2D eigenvalue weighted by atomic mass is 10.2. The van der Waals surface area contributed by atoms with Crippen LogP contribution in [0.4, 0.5) is 10.1 Å². The van der Waals surface area contributed by atoms with Crippen LogP contribution in [0.3, 0.4) is 0 Å². The molecule has 3 rings (SSSR count). The molecule has 1 aromatic heterocycles. The summed E-state index contributed by atoms with van der Waals surface area (Å²) in [6, 6.07) is 13.3. The molecule has 0 aliphatic rings. The van der Waals surface area contributed by atoms with Gasteiger partial charge in [-0.1, -0.05) is 30.0 Å². The maximum atomic E-state index is 13.5. The van der Waals surface area contributed by atoms with Gasteiger partial charge in [0.2, 0.25) is 11.1 Å². The summed E-state index contributed by atoms with van der Waals surface area (Å²) < 4.78 is 20.3.